The molecule has 1 heterocycles. The summed E-state index contributed by atoms with van der Waals surface area (Å²) < 4.78 is 9.91. The van der Waals surface area contributed by atoms with Crippen molar-refractivity contribution in [1.82, 2.24) is 0 Å². The summed E-state index contributed by atoms with van der Waals surface area (Å²) in [4.78, 5) is 25.0. The van der Waals surface area contributed by atoms with Crippen LogP contribution in [0, 0.1) is 0 Å². The van der Waals surface area contributed by atoms with Crippen LogP contribution in [-0.4, -0.2) is 32.2 Å². The number of thiophene rings is 1. The van der Waals surface area contributed by atoms with Gasteiger partial charge in [-0.25, -0.2) is 4.79 Å². The van der Waals surface area contributed by atoms with Crippen molar-refractivity contribution in [1.29, 1.82) is 0 Å². The number of ether oxygens (including phenoxy) is 2. The van der Waals surface area contributed by atoms with Gasteiger partial charge in [0.05, 0.1) is 12.2 Å². The van der Waals surface area contributed by atoms with Crippen LogP contribution in [0.4, 0.5) is 5.00 Å². The van der Waals surface area contributed by atoms with Gasteiger partial charge >= 0.3 is 5.97 Å². The Morgan fingerprint density at radius 3 is 2.67 bits per heavy atom. The molecule has 0 aliphatic carbocycles. The number of carbonyl (C=O) groups is 2. The van der Waals surface area contributed by atoms with E-state index in [1.807, 2.05) is 6.07 Å². The second kappa shape index (κ2) is 10.3. The minimum Gasteiger partial charge on any atom is -0.462 e. The average Bonchev–Trinajstić information content (AvgIpc) is 2.91. The number of rotatable bonds is 9. The SMILES string of the molecule is CCOC(=O)c1cc([C@@H](C)CCC=C(C)C)sc1NC(=O)COC. The minimum absolute atomic E-state index is 0.0500. The molecule has 1 N–H and O–H groups in total. The van der Waals surface area contributed by atoms with E-state index < -0.39 is 5.97 Å². The van der Waals surface area contributed by atoms with Crippen LogP contribution in [0.1, 0.15) is 61.7 Å². The zero-order valence-electron chi connectivity index (χ0n) is 15.1. The predicted molar refractivity (Wildman–Crippen MR) is 97.9 cm³/mol. The van der Waals surface area contributed by atoms with Crippen LogP contribution in [0.3, 0.4) is 0 Å². The molecule has 0 aliphatic heterocycles. The molecule has 1 aromatic heterocycles. The number of hydrogen-bond acceptors (Lipinski definition) is 5. The topological polar surface area (TPSA) is 64.6 Å². The van der Waals surface area contributed by atoms with Crippen LogP contribution in [-0.2, 0) is 14.3 Å². The van der Waals surface area contributed by atoms with E-state index in [0.717, 1.165) is 17.7 Å². The first-order valence-electron chi connectivity index (χ1n) is 8.12. The van der Waals surface area contributed by atoms with Crippen LogP contribution < -0.4 is 5.32 Å². The van der Waals surface area contributed by atoms with Gasteiger partial charge in [0.15, 0.2) is 0 Å². The number of hydrogen-bond donors (Lipinski definition) is 1. The maximum Gasteiger partial charge on any atom is 0.341 e. The van der Waals surface area contributed by atoms with Gasteiger partial charge in [-0.05, 0) is 45.6 Å². The van der Waals surface area contributed by atoms with Crippen molar-refractivity contribution >= 4 is 28.2 Å². The molecule has 1 aromatic rings. The third-order valence-corrected chi connectivity index (χ3v) is 4.69. The monoisotopic (exact) mass is 353 g/mol. The Kier molecular flexibility index (Phi) is 8.71. The molecule has 0 unspecified atom stereocenters. The van der Waals surface area contributed by atoms with Gasteiger partial charge in [0.2, 0.25) is 0 Å². The standard InChI is InChI=1S/C18H27NO4S/c1-6-23-18(21)14-10-15(13(4)9-7-8-12(2)3)24-17(14)19-16(20)11-22-5/h8,10,13H,6-7,9,11H2,1-5H3,(H,19,20)/t13-/m0/s1. The molecule has 5 nitrogen and oxygen atoms in total. The van der Waals surface area contributed by atoms with Gasteiger partial charge < -0.3 is 14.8 Å². The summed E-state index contributed by atoms with van der Waals surface area (Å²) in [7, 11) is 1.46. The minimum atomic E-state index is -0.413. The zero-order chi connectivity index (χ0) is 18.1. The Morgan fingerprint density at radius 2 is 2.08 bits per heavy atom. The fraction of sp³-hybridized carbons (Fsp3) is 0.556. The van der Waals surface area contributed by atoms with Crippen LogP contribution in [0.2, 0.25) is 0 Å². The Hall–Kier alpha value is -1.66. The van der Waals surface area contributed by atoms with Crippen LogP contribution in [0.25, 0.3) is 0 Å². The number of amides is 1. The van der Waals surface area contributed by atoms with Gasteiger partial charge in [0.25, 0.3) is 5.91 Å². The molecular formula is C18H27NO4S. The fourth-order valence-corrected chi connectivity index (χ4v) is 3.31. The van der Waals surface area contributed by atoms with E-state index in [2.05, 4.69) is 32.2 Å². The molecule has 24 heavy (non-hydrogen) atoms. The van der Waals surface area contributed by atoms with Crippen molar-refractivity contribution < 1.29 is 19.1 Å². The molecule has 0 aromatic carbocycles. The third kappa shape index (κ3) is 6.45. The van der Waals surface area contributed by atoms with Crippen LogP contribution in [0.15, 0.2) is 17.7 Å². The maximum absolute atomic E-state index is 12.1. The summed E-state index contributed by atoms with van der Waals surface area (Å²) >= 11 is 1.43. The van der Waals surface area contributed by atoms with Crippen molar-refractivity contribution in [2.24, 2.45) is 0 Å². The van der Waals surface area contributed by atoms with E-state index in [9.17, 15) is 9.59 Å². The van der Waals surface area contributed by atoms with Crippen molar-refractivity contribution in [3.05, 3.63) is 28.2 Å². The summed E-state index contributed by atoms with van der Waals surface area (Å²) in [6.45, 7) is 8.30. The number of nitrogens with one attached hydrogen (secondary N) is 1. The number of esters is 1. The summed E-state index contributed by atoms with van der Waals surface area (Å²) in [6, 6.07) is 1.83. The van der Waals surface area contributed by atoms with Crippen molar-refractivity contribution in [3.8, 4) is 0 Å². The molecule has 0 spiro atoms. The quantitative estimate of drug-likeness (QED) is 0.529. The number of carbonyl (C=O) groups excluding carboxylic acids is 2. The summed E-state index contributed by atoms with van der Waals surface area (Å²) in [6.07, 6.45) is 4.18. The number of methoxy groups -OCH3 is 1. The Balaban J connectivity index is 2.95. The van der Waals surface area contributed by atoms with E-state index in [0.29, 0.717) is 23.1 Å². The van der Waals surface area contributed by atoms with Crippen molar-refractivity contribution in [2.45, 2.75) is 46.5 Å². The van der Waals surface area contributed by atoms with E-state index >= 15 is 0 Å². The second-order valence-electron chi connectivity index (χ2n) is 5.85. The molecule has 1 rings (SSSR count). The molecule has 0 fully saturated rings. The highest BCUT2D eigenvalue weighted by Crippen LogP contribution is 2.35. The molecule has 1 atom stereocenters. The smallest absolute Gasteiger partial charge is 0.341 e. The first-order chi connectivity index (χ1) is 11.4. The van der Waals surface area contributed by atoms with Gasteiger partial charge in [-0.2, -0.15) is 0 Å². The highest BCUT2D eigenvalue weighted by Gasteiger charge is 2.21. The van der Waals surface area contributed by atoms with Crippen LogP contribution >= 0.6 is 11.3 Å². The second-order valence-corrected chi connectivity index (χ2v) is 6.94. The number of anilines is 1. The van der Waals surface area contributed by atoms with Gasteiger partial charge in [-0.15, -0.1) is 11.3 Å². The molecule has 0 saturated heterocycles. The van der Waals surface area contributed by atoms with E-state index in [1.165, 1.54) is 24.0 Å². The van der Waals surface area contributed by atoms with Gasteiger partial charge in [-0.1, -0.05) is 18.6 Å². The highest BCUT2D eigenvalue weighted by molar-refractivity contribution is 7.16. The molecule has 134 valence electrons. The zero-order valence-corrected chi connectivity index (χ0v) is 15.9. The lowest BCUT2D eigenvalue weighted by molar-refractivity contribution is -0.119. The summed E-state index contributed by atoms with van der Waals surface area (Å²) in [5.41, 5.74) is 1.71. The Bertz CT molecular complexity index is 588. The third-order valence-electron chi connectivity index (χ3n) is 3.41. The molecule has 0 saturated carbocycles. The highest BCUT2D eigenvalue weighted by atomic mass is 32.1. The first-order valence-corrected chi connectivity index (χ1v) is 8.93. The fourth-order valence-electron chi connectivity index (χ4n) is 2.16. The van der Waals surface area contributed by atoms with E-state index in [4.69, 9.17) is 9.47 Å². The molecule has 0 radical (unpaired) electrons. The van der Waals surface area contributed by atoms with Crippen LogP contribution in [0.5, 0.6) is 0 Å². The van der Waals surface area contributed by atoms with E-state index in [1.54, 1.807) is 6.92 Å². The molecule has 0 bridgehead atoms. The molecular weight excluding hydrogens is 326 g/mol. The lowest BCUT2D eigenvalue weighted by Gasteiger charge is -2.07. The Labute approximate surface area is 148 Å². The Morgan fingerprint density at radius 1 is 1.38 bits per heavy atom. The summed E-state index contributed by atoms with van der Waals surface area (Å²) in [5.74, 6) is -0.398. The normalized spacial score (nSPS) is 11.7. The van der Waals surface area contributed by atoms with Gasteiger partial charge in [0, 0.05) is 12.0 Å². The lowest BCUT2D eigenvalue weighted by Crippen LogP contribution is -2.18. The first kappa shape index (κ1) is 20.4. The maximum atomic E-state index is 12.1. The van der Waals surface area contributed by atoms with E-state index in [-0.39, 0.29) is 12.5 Å². The average molecular weight is 353 g/mol. The van der Waals surface area contributed by atoms with Crippen molar-refractivity contribution in [2.75, 3.05) is 25.6 Å². The van der Waals surface area contributed by atoms with Gasteiger partial charge in [0.1, 0.15) is 11.6 Å². The largest absolute Gasteiger partial charge is 0.462 e. The molecule has 6 heteroatoms. The number of allylic oxidation sites excluding steroid dienone is 2. The van der Waals surface area contributed by atoms with Gasteiger partial charge in [-0.3, -0.25) is 4.79 Å². The predicted octanol–water partition coefficient (Wildman–Crippen LogP) is 4.36. The summed E-state index contributed by atoms with van der Waals surface area (Å²) in [5, 5.41) is 3.27. The molecule has 0 aliphatic rings. The lowest BCUT2D eigenvalue weighted by atomic mass is 10.0. The molecule has 1 amide bonds. The van der Waals surface area contributed by atoms with Crippen molar-refractivity contribution in [3.63, 3.8) is 0 Å².